The lowest BCUT2D eigenvalue weighted by atomic mass is 9.86. The largest absolute Gasteiger partial charge is 0.463 e. The molecule has 0 aliphatic carbocycles. The molecule has 0 spiro atoms. The van der Waals surface area contributed by atoms with Gasteiger partial charge in [0.1, 0.15) is 12.7 Å². The van der Waals surface area contributed by atoms with Crippen LogP contribution in [0.25, 0.3) is 0 Å². The minimum atomic E-state index is -1.41. The molecule has 0 radical (unpaired) electrons. The molecule has 2 aliphatic rings. The molecule has 2 rings (SSSR count). The van der Waals surface area contributed by atoms with Gasteiger partial charge in [0.15, 0.2) is 18.3 Å². The zero-order valence-electron chi connectivity index (χ0n) is 21.9. The standard InChI is InChI=1S/C23H36N2O11/c1-11(26)31-10-16-17(32-12(2)27)18(33-13(3)28)19(34-14(4)29)21(35-16)36-25-22(5,6)9-15(20(24)30)23(25,7)8/h15-19,21H,9-10H2,1-8H3,(H2,24,30)/t15?,16-,17-,18+,19-,21+/m1/s1. The second-order valence-electron chi connectivity index (χ2n) is 10.1. The minimum absolute atomic E-state index is 0.362. The van der Waals surface area contributed by atoms with Gasteiger partial charge in [0.25, 0.3) is 0 Å². The van der Waals surface area contributed by atoms with Gasteiger partial charge in [0.05, 0.1) is 11.5 Å². The number of amides is 1. The van der Waals surface area contributed by atoms with E-state index in [1.54, 1.807) is 13.8 Å². The molecule has 2 saturated heterocycles. The number of hydrogen-bond acceptors (Lipinski definition) is 12. The Bertz CT molecular complexity index is 887. The molecular weight excluding hydrogens is 480 g/mol. The molecule has 0 saturated carbocycles. The van der Waals surface area contributed by atoms with E-state index in [-0.39, 0.29) is 6.61 Å². The number of hydroxylamine groups is 2. The molecule has 204 valence electrons. The predicted octanol–water partition coefficient (Wildman–Crippen LogP) is 0.366. The van der Waals surface area contributed by atoms with Gasteiger partial charge in [-0.25, -0.2) is 0 Å². The molecule has 1 unspecified atom stereocenters. The van der Waals surface area contributed by atoms with Gasteiger partial charge in [0, 0.05) is 33.2 Å². The van der Waals surface area contributed by atoms with E-state index in [2.05, 4.69) is 0 Å². The first kappa shape index (κ1) is 29.5. The van der Waals surface area contributed by atoms with Crippen LogP contribution in [0.5, 0.6) is 0 Å². The maximum Gasteiger partial charge on any atom is 0.303 e. The highest BCUT2D eigenvalue weighted by molar-refractivity contribution is 5.78. The van der Waals surface area contributed by atoms with E-state index in [0.717, 1.165) is 20.8 Å². The van der Waals surface area contributed by atoms with Crippen LogP contribution in [0.1, 0.15) is 61.8 Å². The number of ether oxygens (including phenoxy) is 5. The van der Waals surface area contributed by atoms with Crippen molar-refractivity contribution >= 4 is 29.8 Å². The Morgan fingerprint density at radius 1 is 0.833 bits per heavy atom. The fraction of sp³-hybridized carbons (Fsp3) is 0.783. The molecule has 2 aliphatic heterocycles. The van der Waals surface area contributed by atoms with Gasteiger partial charge in [-0.1, -0.05) is 0 Å². The van der Waals surface area contributed by atoms with Crippen LogP contribution in [0.4, 0.5) is 0 Å². The predicted molar refractivity (Wildman–Crippen MR) is 120 cm³/mol. The maximum absolute atomic E-state index is 12.2. The topological polar surface area (TPSA) is 170 Å². The van der Waals surface area contributed by atoms with Crippen molar-refractivity contribution in [1.29, 1.82) is 0 Å². The van der Waals surface area contributed by atoms with Gasteiger partial charge >= 0.3 is 23.9 Å². The SMILES string of the molecule is CC(=O)OC[C@H]1O[C@@H](ON2C(C)(C)CC(C(N)=O)C2(C)C)[C@H](OC(C)=O)[C@@H](OC(C)=O)[C@@H]1OC(C)=O. The van der Waals surface area contributed by atoms with Crippen molar-refractivity contribution in [3.63, 3.8) is 0 Å². The van der Waals surface area contributed by atoms with Crippen LogP contribution in [-0.4, -0.2) is 83.2 Å². The van der Waals surface area contributed by atoms with E-state index in [0.29, 0.717) is 6.42 Å². The lowest BCUT2D eigenvalue weighted by Crippen LogP contribution is -2.65. The summed E-state index contributed by atoms with van der Waals surface area (Å²) in [6.07, 6.45) is -6.25. The molecule has 0 aromatic carbocycles. The van der Waals surface area contributed by atoms with Crippen molar-refractivity contribution in [2.75, 3.05) is 6.61 Å². The first-order chi connectivity index (χ1) is 16.5. The summed E-state index contributed by atoms with van der Waals surface area (Å²) < 4.78 is 27.3. The normalized spacial score (nSPS) is 31.2. The third-order valence-electron chi connectivity index (χ3n) is 6.13. The molecule has 1 amide bonds. The number of hydrogen-bond donors (Lipinski definition) is 1. The summed E-state index contributed by atoms with van der Waals surface area (Å²) in [5, 5.41) is 1.54. The van der Waals surface area contributed by atoms with Crippen LogP contribution in [0, 0.1) is 5.92 Å². The molecule has 36 heavy (non-hydrogen) atoms. The van der Waals surface area contributed by atoms with E-state index in [1.165, 1.54) is 12.0 Å². The number of nitrogens with zero attached hydrogens (tertiary/aromatic N) is 1. The summed E-state index contributed by atoms with van der Waals surface area (Å²) in [6.45, 7) is 11.4. The number of primary amides is 1. The van der Waals surface area contributed by atoms with Crippen molar-refractivity contribution in [3.8, 4) is 0 Å². The molecule has 0 aromatic heterocycles. The Labute approximate surface area is 209 Å². The fourth-order valence-corrected chi connectivity index (χ4v) is 4.86. The smallest absolute Gasteiger partial charge is 0.303 e. The number of nitrogens with two attached hydrogens (primary N) is 1. The van der Waals surface area contributed by atoms with Crippen molar-refractivity contribution in [2.45, 2.75) is 104 Å². The van der Waals surface area contributed by atoms with Gasteiger partial charge in [-0.2, -0.15) is 5.06 Å². The summed E-state index contributed by atoms with van der Waals surface area (Å²) in [6, 6.07) is 0. The fourth-order valence-electron chi connectivity index (χ4n) is 4.86. The average molecular weight is 517 g/mol. The molecule has 6 atom stereocenters. The number of rotatable bonds is 8. The summed E-state index contributed by atoms with van der Waals surface area (Å²) in [5.74, 6) is -3.96. The Morgan fingerprint density at radius 3 is 1.78 bits per heavy atom. The van der Waals surface area contributed by atoms with E-state index in [4.69, 9.17) is 34.3 Å². The van der Waals surface area contributed by atoms with Crippen LogP contribution in [-0.2, 0) is 52.5 Å². The van der Waals surface area contributed by atoms with Gasteiger partial charge in [-0.3, -0.25) is 28.8 Å². The molecule has 2 fully saturated rings. The summed E-state index contributed by atoms with van der Waals surface area (Å²) in [4.78, 5) is 65.8. The second kappa shape index (κ2) is 11.1. The average Bonchev–Trinajstić information content (AvgIpc) is 2.89. The highest BCUT2D eigenvalue weighted by Gasteiger charge is 2.59. The van der Waals surface area contributed by atoms with Crippen LogP contribution < -0.4 is 5.73 Å². The van der Waals surface area contributed by atoms with Gasteiger partial charge in [-0.05, 0) is 34.1 Å². The van der Waals surface area contributed by atoms with Crippen LogP contribution in [0.15, 0.2) is 0 Å². The van der Waals surface area contributed by atoms with E-state index in [1.807, 2.05) is 13.8 Å². The quantitative estimate of drug-likeness (QED) is 0.348. The summed E-state index contributed by atoms with van der Waals surface area (Å²) >= 11 is 0. The lowest BCUT2D eigenvalue weighted by molar-refractivity contribution is -0.388. The Balaban J connectivity index is 2.54. The van der Waals surface area contributed by atoms with Crippen LogP contribution >= 0.6 is 0 Å². The van der Waals surface area contributed by atoms with Gasteiger partial charge < -0.3 is 29.4 Å². The molecule has 0 aromatic rings. The first-order valence-corrected chi connectivity index (χ1v) is 11.5. The van der Waals surface area contributed by atoms with Crippen LogP contribution in [0.3, 0.4) is 0 Å². The Kier molecular flexibility index (Phi) is 9.08. The second-order valence-corrected chi connectivity index (χ2v) is 10.1. The minimum Gasteiger partial charge on any atom is -0.463 e. The Morgan fingerprint density at radius 2 is 1.33 bits per heavy atom. The number of esters is 4. The zero-order chi connectivity index (χ0) is 27.6. The monoisotopic (exact) mass is 516 g/mol. The van der Waals surface area contributed by atoms with Crippen molar-refractivity contribution in [3.05, 3.63) is 0 Å². The zero-order valence-corrected chi connectivity index (χ0v) is 21.9. The maximum atomic E-state index is 12.2. The van der Waals surface area contributed by atoms with Crippen molar-refractivity contribution in [1.82, 2.24) is 5.06 Å². The summed E-state index contributed by atoms with van der Waals surface area (Å²) in [7, 11) is 0. The lowest BCUT2D eigenvalue weighted by Gasteiger charge is -2.48. The summed E-state index contributed by atoms with van der Waals surface area (Å²) in [5.41, 5.74) is 4.01. The van der Waals surface area contributed by atoms with Crippen molar-refractivity contribution < 1.29 is 52.5 Å². The molecule has 13 nitrogen and oxygen atoms in total. The Hall–Kier alpha value is -2.77. The molecule has 2 N–H and O–H groups in total. The van der Waals surface area contributed by atoms with Gasteiger partial charge in [0.2, 0.25) is 12.2 Å². The van der Waals surface area contributed by atoms with Gasteiger partial charge in [-0.15, -0.1) is 0 Å². The highest BCUT2D eigenvalue weighted by atomic mass is 16.8. The molecular formula is C23H36N2O11. The third-order valence-corrected chi connectivity index (χ3v) is 6.13. The highest BCUT2D eigenvalue weighted by Crippen LogP contribution is 2.46. The third kappa shape index (κ3) is 6.71. The van der Waals surface area contributed by atoms with Crippen molar-refractivity contribution in [2.24, 2.45) is 11.7 Å². The molecule has 2 heterocycles. The van der Waals surface area contributed by atoms with E-state index < -0.39 is 77.5 Å². The van der Waals surface area contributed by atoms with E-state index >= 15 is 0 Å². The number of carbonyl (C=O) groups is 5. The van der Waals surface area contributed by atoms with Crippen LogP contribution in [0.2, 0.25) is 0 Å². The van der Waals surface area contributed by atoms with E-state index in [9.17, 15) is 24.0 Å². The first-order valence-electron chi connectivity index (χ1n) is 11.5. The molecule has 0 bridgehead atoms. The molecule has 13 heteroatoms. The number of carbonyl (C=O) groups excluding carboxylic acids is 5.